The zero-order chi connectivity index (χ0) is 18.4. The number of carbonyl (C=O) groups is 1. The van der Waals surface area contributed by atoms with Crippen LogP contribution in [-0.2, 0) is 4.74 Å². The zero-order valence-electron chi connectivity index (χ0n) is 15.1. The summed E-state index contributed by atoms with van der Waals surface area (Å²) in [7, 11) is 3.08. The molecule has 0 amide bonds. The van der Waals surface area contributed by atoms with Gasteiger partial charge in [-0.05, 0) is 29.8 Å². The Labute approximate surface area is 153 Å². The van der Waals surface area contributed by atoms with E-state index in [9.17, 15) is 4.79 Å². The van der Waals surface area contributed by atoms with Gasteiger partial charge >= 0.3 is 5.97 Å². The van der Waals surface area contributed by atoms with Gasteiger partial charge in [-0.25, -0.2) is 4.79 Å². The first kappa shape index (κ1) is 17.8. The minimum Gasteiger partial charge on any atom is -0.495 e. The Hall–Kier alpha value is -3.02. The molecule has 6 heteroatoms. The first-order chi connectivity index (χ1) is 12.7. The molecule has 1 saturated heterocycles. The molecule has 6 nitrogen and oxygen atoms in total. The minimum atomic E-state index is -0.332. The second kappa shape index (κ2) is 8.38. The maximum Gasteiger partial charge on any atom is 0.337 e. The summed E-state index contributed by atoms with van der Waals surface area (Å²) in [5, 5.41) is 6.61. The standard InChI is InChI=1S/C20H23N3O3/c1-25-19-6-4-3-5-18(19)22-11-13-23(14-12-22)21-15-16-7-9-17(10-8-16)20(24)26-2/h3-10,15H,11-14H2,1-2H3/b21-15+. The van der Waals surface area contributed by atoms with Crippen molar-refractivity contribution in [3.8, 4) is 5.75 Å². The van der Waals surface area contributed by atoms with E-state index >= 15 is 0 Å². The fourth-order valence-corrected chi connectivity index (χ4v) is 2.91. The van der Waals surface area contributed by atoms with Crippen molar-refractivity contribution >= 4 is 17.9 Å². The molecule has 1 aliphatic heterocycles. The van der Waals surface area contributed by atoms with Crippen LogP contribution in [0, 0.1) is 0 Å². The van der Waals surface area contributed by atoms with Gasteiger partial charge in [-0.3, -0.25) is 5.01 Å². The highest BCUT2D eigenvalue weighted by atomic mass is 16.5. The fraction of sp³-hybridized carbons (Fsp3) is 0.300. The molecule has 2 aromatic rings. The second-order valence-electron chi connectivity index (χ2n) is 5.97. The largest absolute Gasteiger partial charge is 0.495 e. The fourth-order valence-electron chi connectivity index (χ4n) is 2.91. The molecule has 0 aromatic heterocycles. The molecule has 0 bridgehead atoms. The molecule has 0 unspecified atom stereocenters. The summed E-state index contributed by atoms with van der Waals surface area (Å²) < 4.78 is 10.1. The maximum absolute atomic E-state index is 11.4. The number of hydrogen-bond acceptors (Lipinski definition) is 6. The Morgan fingerprint density at radius 3 is 2.35 bits per heavy atom. The molecule has 0 aliphatic carbocycles. The summed E-state index contributed by atoms with van der Waals surface area (Å²) >= 11 is 0. The third-order valence-electron chi connectivity index (χ3n) is 4.38. The average Bonchev–Trinajstić information content (AvgIpc) is 2.72. The Bertz CT molecular complexity index is 766. The van der Waals surface area contributed by atoms with Crippen LogP contribution < -0.4 is 9.64 Å². The van der Waals surface area contributed by atoms with Crippen molar-refractivity contribution in [3.63, 3.8) is 0 Å². The molecule has 136 valence electrons. The lowest BCUT2D eigenvalue weighted by molar-refractivity contribution is 0.0600. The smallest absolute Gasteiger partial charge is 0.337 e. The quantitative estimate of drug-likeness (QED) is 0.611. The third kappa shape index (κ3) is 4.14. The van der Waals surface area contributed by atoms with Gasteiger partial charge in [-0.15, -0.1) is 0 Å². The number of hydrazone groups is 1. The number of rotatable bonds is 5. The van der Waals surface area contributed by atoms with E-state index in [4.69, 9.17) is 9.47 Å². The van der Waals surface area contributed by atoms with Crippen LogP contribution in [0.1, 0.15) is 15.9 Å². The van der Waals surface area contributed by atoms with Crippen molar-refractivity contribution in [3.05, 3.63) is 59.7 Å². The molecule has 0 radical (unpaired) electrons. The highest BCUT2D eigenvalue weighted by molar-refractivity contribution is 5.90. The van der Waals surface area contributed by atoms with Crippen molar-refractivity contribution in [1.29, 1.82) is 0 Å². The molecule has 0 spiro atoms. The molecule has 0 N–H and O–H groups in total. The highest BCUT2D eigenvalue weighted by Gasteiger charge is 2.18. The Balaban J connectivity index is 1.57. The molecule has 3 rings (SSSR count). The Morgan fingerprint density at radius 1 is 1.00 bits per heavy atom. The molecule has 1 aliphatic rings. The van der Waals surface area contributed by atoms with Gasteiger partial charge in [0.2, 0.25) is 0 Å². The van der Waals surface area contributed by atoms with Crippen molar-refractivity contribution in [2.75, 3.05) is 45.3 Å². The van der Waals surface area contributed by atoms with Crippen LogP contribution in [0.25, 0.3) is 0 Å². The summed E-state index contributed by atoms with van der Waals surface area (Å²) in [6.07, 6.45) is 1.82. The number of carbonyl (C=O) groups excluding carboxylic acids is 1. The molecule has 2 aromatic carbocycles. The number of nitrogens with zero attached hydrogens (tertiary/aromatic N) is 3. The van der Waals surface area contributed by atoms with Crippen LogP contribution in [0.15, 0.2) is 53.6 Å². The van der Waals surface area contributed by atoms with Crippen LogP contribution in [0.3, 0.4) is 0 Å². The number of anilines is 1. The third-order valence-corrected chi connectivity index (χ3v) is 4.38. The maximum atomic E-state index is 11.4. The zero-order valence-corrected chi connectivity index (χ0v) is 15.1. The van der Waals surface area contributed by atoms with E-state index in [1.807, 2.05) is 36.5 Å². The molecule has 1 heterocycles. The topological polar surface area (TPSA) is 54.4 Å². The second-order valence-corrected chi connectivity index (χ2v) is 5.97. The average molecular weight is 353 g/mol. The summed E-state index contributed by atoms with van der Waals surface area (Å²) in [6.45, 7) is 3.46. The predicted octanol–water partition coefficient (Wildman–Crippen LogP) is 2.64. The highest BCUT2D eigenvalue weighted by Crippen LogP contribution is 2.28. The van der Waals surface area contributed by atoms with Crippen LogP contribution in [-0.4, -0.2) is 57.6 Å². The molecule has 26 heavy (non-hydrogen) atoms. The van der Waals surface area contributed by atoms with E-state index in [-0.39, 0.29) is 5.97 Å². The summed E-state index contributed by atoms with van der Waals surface area (Å²) in [5.41, 5.74) is 2.61. The number of para-hydroxylation sites is 2. The van der Waals surface area contributed by atoms with Crippen LogP contribution >= 0.6 is 0 Å². The van der Waals surface area contributed by atoms with Crippen molar-refractivity contribution in [1.82, 2.24) is 5.01 Å². The lowest BCUT2D eigenvalue weighted by Crippen LogP contribution is -2.44. The van der Waals surface area contributed by atoms with E-state index in [1.54, 1.807) is 19.2 Å². The number of piperazine rings is 1. The van der Waals surface area contributed by atoms with E-state index in [1.165, 1.54) is 7.11 Å². The number of ether oxygens (including phenoxy) is 2. The number of benzene rings is 2. The van der Waals surface area contributed by atoms with Crippen molar-refractivity contribution in [2.24, 2.45) is 5.10 Å². The van der Waals surface area contributed by atoms with Gasteiger partial charge in [0.15, 0.2) is 0 Å². The monoisotopic (exact) mass is 353 g/mol. The summed E-state index contributed by atoms with van der Waals surface area (Å²) in [6, 6.07) is 15.3. The number of esters is 1. The summed E-state index contributed by atoms with van der Waals surface area (Å²) in [4.78, 5) is 13.8. The molecular formula is C20H23N3O3. The van der Waals surface area contributed by atoms with E-state index in [0.717, 1.165) is 43.2 Å². The number of methoxy groups -OCH3 is 2. The van der Waals surface area contributed by atoms with Crippen molar-refractivity contribution in [2.45, 2.75) is 0 Å². The Morgan fingerprint density at radius 2 is 1.69 bits per heavy atom. The van der Waals surface area contributed by atoms with Gasteiger partial charge in [0.25, 0.3) is 0 Å². The Kier molecular flexibility index (Phi) is 5.73. The summed E-state index contributed by atoms with van der Waals surface area (Å²) in [5.74, 6) is 0.566. The van der Waals surface area contributed by atoms with Gasteiger partial charge in [0.1, 0.15) is 5.75 Å². The molecule has 1 fully saturated rings. The molecular weight excluding hydrogens is 330 g/mol. The minimum absolute atomic E-state index is 0.332. The van der Waals surface area contributed by atoms with Crippen LogP contribution in [0.4, 0.5) is 5.69 Å². The van der Waals surface area contributed by atoms with E-state index < -0.39 is 0 Å². The molecule has 0 atom stereocenters. The predicted molar refractivity (Wildman–Crippen MR) is 102 cm³/mol. The first-order valence-electron chi connectivity index (χ1n) is 8.56. The lowest BCUT2D eigenvalue weighted by atomic mass is 10.1. The lowest BCUT2D eigenvalue weighted by Gasteiger charge is -2.35. The van der Waals surface area contributed by atoms with Gasteiger partial charge in [0.05, 0.1) is 44.8 Å². The van der Waals surface area contributed by atoms with E-state index in [0.29, 0.717) is 5.56 Å². The SMILES string of the molecule is COC(=O)c1ccc(/C=N/N2CCN(c3ccccc3OC)CC2)cc1. The van der Waals surface area contributed by atoms with Gasteiger partial charge in [-0.2, -0.15) is 5.10 Å². The first-order valence-corrected chi connectivity index (χ1v) is 8.56. The number of hydrogen-bond donors (Lipinski definition) is 0. The van der Waals surface area contributed by atoms with Crippen molar-refractivity contribution < 1.29 is 14.3 Å². The molecule has 0 saturated carbocycles. The van der Waals surface area contributed by atoms with Gasteiger partial charge < -0.3 is 14.4 Å². The van der Waals surface area contributed by atoms with Crippen LogP contribution in [0.2, 0.25) is 0 Å². The van der Waals surface area contributed by atoms with E-state index in [2.05, 4.69) is 21.1 Å². The normalized spacial score (nSPS) is 14.5. The van der Waals surface area contributed by atoms with Gasteiger partial charge in [0, 0.05) is 13.1 Å². The van der Waals surface area contributed by atoms with Crippen LogP contribution in [0.5, 0.6) is 5.75 Å². The van der Waals surface area contributed by atoms with Gasteiger partial charge in [-0.1, -0.05) is 24.3 Å².